The molecular weight excluding hydrogens is 492 g/mol. The minimum atomic E-state index is -0.894. The lowest BCUT2D eigenvalue weighted by atomic mass is 9.47. The smallest absolute Gasteiger partial charge is 0.239 e. The predicted molar refractivity (Wildman–Crippen MR) is 150 cm³/mol. The Kier molecular flexibility index (Phi) is 5.01. The van der Waals surface area contributed by atoms with Crippen molar-refractivity contribution in [3.05, 3.63) is 129 Å². The lowest BCUT2D eigenvalue weighted by Crippen LogP contribution is -2.54. The van der Waals surface area contributed by atoms with Crippen LogP contribution in [0.15, 0.2) is 96.0 Å². The van der Waals surface area contributed by atoms with Gasteiger partial charge in [-0.3, -0.25) is 14.6 Å². The van der Waals surface area contributed by atoms with Crippen LogP contribution in [0.1, 0.15) is 39.3 Å². The first-order valence-electron chi connectivity index (χ1n) is 12.9. The number of hydrogen-bond acceptors (Lipinski definition) is 3. The minimum Gasteiger partial charge on any atom is -0.274 e. The Labute approximate surface area is 226 Å². The molecule has 8 rings (SSSR count). The largest absolute Gasteiger partial charge is 0.274 e. The van der Waals surface area contributed by atoms with Gasteiger partial charge in [0.25, 0.3) is 0 Å². The number of aryl methyl sites for hydroxylation is 2. The number of carbonyl (C=O) groups excluding carboxylic acids is 2. The van der Waals surface area contributed by atoms with Crippen LogP contribution in [0, 0.1) is 25.7 Å². The van der Waals surface area contributed by atoms with Gasteiger partial charge < -0.3 is 0 Å². The van der Waals surface area contributed by atoms with Gasteiger partial charge in [0, 0.05) is 17.2 Å². The molecule has 1 saturated heterocycles. The molecule has 2 bridgehead atoms. The maximum absolute atomic E-state index is 14.5. The van der Waals surface area contributed by atoms with E-state index in [-0.39, 0.29) is 17.7 Å². The number of hydrogen-bond donors (Lipinski definition) is 0. The number of rotatable bonds is 3. The summed E-state index contributed by atoms with van der Waals surface area (Å²) in [5.74, 6) is -1.62. The zero-order valence-electron chi connectivity index (χ0n) is 21.1. The van der Waals surface area contributed by atoms with E-state index in [1.165, 1.54) is 4.90 Å². The Morgan fingerprint density at radius 1 is 0.816 bits per heavy atom. The van der Waals surface area contributed by atoms with E-state index in [1.54, 1.807) is 0 Å². The highest BCUT2D eigenvalue weighted by molar-refractivity contribution is 6.30. The monoisotopic (exact) mass is 516 g/mol. The fraction of sp³-hybridized carbons (Fsp3) is 0.182. The molecule has 0 radical (unpaired) electrons. The summed E-state index contributed by atoms with van der Waals surface area (Å²) in [6, 6.07) is 29.7. The molecule has 4 nitrogen and oxygen atoms in total. The number of aliphatic imine (C=N–C) groups is 1. The van der Waals surface area contributed by atoms with Gasteiger partial charge in [-0.2, -0.15) is 0 Å². The third-order valence-electron chi connectivity index (χ3n) is 8.50. The summed E-state index contributed by atoms with van der Waals surface area (Å²) in [7, 11) is 0. The molecule has 5 heteroatoms. The minimum absolute atomic E-state index is 0.138. The van der Waals surface area contributed by atoms with E-state index < -0.39 is 17.3 Å². The molecule has 3 aliphatic carbocycles. The predicted octanol–water partition coefficient (Wildman–Crippen LogP) is 6.91. The van der Waals surface area contributed by atoms with E-state index in [9.17, 15) is 9.59 Å². The van der Waals surface area contributed by atoms with Gasteiger partial charge in [0.15, 0.2) is 0 Å². The highest BCUT2D eigenvalue weighted by Gasteiger charge is 2.68. The second-order valence-electron chi connectivity index (χ2n) is 10.6. The van der Waals surface area contributed by atoms with Crippen LogP contribution in [0.4, 0.5) is 11.4 Å². The number of imide groups is 1. The summed E-state index contributed by atoms with van der Waals surface area (Å²) in [4.78, 5) is 35.1. The van der Waals surface area contributed by atoms with Crippen LogP contribution in [-0.4, -0.2) is 18.0 Å². The van der Waals surface area contributed by atoms with Crippen molar-refractivity contribution >= 4 is 41.0 Å². The number of benzene rings is 4. The topological polar surface area (TPSA) is 49.7 Å². The second-order valence-corrected chi connectivity index (χ2v) is 11.0. The molecule has 0 aromatic heterocycles. The molecule has 4 aromatic rings. The second kappa shape index (κ2) is 8.24. The van der Waals surface area contributed by atoms with Gasteiger partial charge in [-0.05, 0) is 65.9 Å². The number of halogens is 1. The SMILES string of the molecule is Cc1ccc(N2C(=O)[C@@H]3C4c5ccccc5C(C=Nc5cccc(Cl)c5)(c5ccccc54)[C@@H]3C2=O)c(C)c1. The molecule has 4 aromatic carbocycles. The molecule has 1 fully saturated rings. The van der Waals surface area contributed by atoms with Gasteiger partial charge in [0.05, 0.1) is 28.6 Å². The quantitative estimate of drug-likeness (QED) is 0.219. The standard InChI is InChI=1S/C33H25ClN2O2/c1-19-14-15-27(20(2)16-19)36-31(37)29-28-23-10-3-5-12-25(23)33(30(29)32(36)38,26-13-6-4-11-24(26)28)18-35-22-9-7-8-21(34)17-22/h3-18,28-30H,1-2H3/t28?,29-,30+,33?/m1/s1. The van der Waals surface area contributed by atoms with Crippen molar-refractivity contribution in [2.45, 2.75) is 25.2 Å². The van der Waals surface area contributed by atoms with Gasteiger partial charge in [-0.15, -0.1) is 0 Å². The van der Waals surface area contributed by atoms with Crippen LogP contribution < -0.4 is 4.90 Å². The first kappa shape index (κ1) is 23.1. The summed E-state index contributed by atoms with van der Waals surface area (Å²) in [6.45, 7) is 3.97. The average Bonchev–Trinajstić information content (AvgIpc) is 3.18. The first-order valence-corrected chi connectivity index (χ1v) is 13.2. The molecule has 0 N–H and O–H groups in total. The Balaban J connectivity index is 1.51. The van der Waals surface area contributed by atoms with Gasteiger partial charge in [0.2, 0.25) is 11.8 Å². The van der Waals surface area contributed by atoms with E-state index in [0.717, 1.165) is 33.4 Å². The molecule has 4 aliphatic rings. The van der Waals surface area contributed by atoms with E-state index in [1.807, 2.05) is 86.8 Å². The summed E-state index contributed by atoms with van der Waals surface area (Å²) < 4.78 is 0. The Hall–Kier alpha value is -4.02. The van der Waals surface area contributed by atoms with Crippen molar-refractivity contribution in [1.82, 2.24) is 0 Å². The van der Waals surface area contributed by atoms with Gasteiger partial charge in [-0.1, -0.05) is 83.9 Å². The summed E-state index contributed by atoms with van der Waals surface area (Å²) in [5, 5.41) is 0.594. The Morgan fingerprint density at radius 3 is 2.16 bits per heavy atom. The molecule has 0 spiro atoms. The fourth-order valence-electron chi connectivity index (χ4n) is 7.08. The number of nitrogens with zero attached hydrogens (tertiary/aromatic N) is 2. The van der Waals surface area contributed by atoms with Crippen molar-refractivity contribution in [2.24, 2.45) is 16.8 Å². The van der Waals surface area contributed by atoms with Crippen LogP contribution in [0.3, 0.4) is 0 Å². The zero-order valence-corrected chi connectivity index (χ0v) is 21.8. The third-order valence-corrected chi connectivity index (χ3v) is 8.74. The summed E-state index contributed by atoms with van der Waals surface area (Å²) in [5.41, 5.74) is 6.74. The van der Waals surface area contributed by atoms with Crippen molar-refractivity contribution in [3.63, 3.8) is 0 Å². The normalized spacial score (nSPS) is 25.0. The maximum atomic E-state index is 14.5. The summed E-state index contributed by atoms with van der Waals surface area (Å²) >= 11 is 6.27. The molecular formula is C33H25ClN2O2. The van der Waals surface area contributed by atoms with Crippen molar-refractivity contribution < 1.29 is 9.59 Å². The molecule has 1 heterocycles. The molecule has 1 aliphatic heterocycles. The lowest BCUT2D eigenvalue weighted by Gasteiger charge is -2.52. The average molecular weight is 517 g/mol. The van der Waals surface area contributed by atoms with E-state index in [4.69, 9.17) is 16.6 Å². The van der Waals surface area contributed by atoms with Gasteiger partial charge in [0.1, 0.15) is 0 Å². The number of anilines is 1. The molecule has 0 saturated carbocycles. The maximum Gasteiger partial charge on any atom is 0.239 e. The van der Waals surface area contributed by atoms with E-state index in [0.29, 0.717) is 16.4 Å². The van der Waals surface area contributed by atoms with E-state index >= 15 is 0 Å². The lowest BCUT2D eigenvalue weighted by molar-refractivity contribution is -0.122. The Morgan fingerprint density at radius 2 is 1.50 bits per heavy atom. The highest BCUT2D eigenvalue weighted by atomic mass is 35.5. The fourth-order valence-corrected chi connectivity index (χ4v) is 7.26. The molecule has 2 amide bonds. The van der Waals surface area contributed by atoms with Crippen LogP contribution in [0.5, 0.6) is 0 Å². The van der Waals surface area contributed by atoms with Crippen LogP contribution in [0.2, 0.25) is 5.02 Å². The molecule has 38 heavy (non-hydrogen) atoms. The number of amides is 2. The van der Waals surface area contributed by atoms with Crippen molar-refractivity contribution in [2.75, 3.05) is 4.90 Å². The van der Waals surface area contributed by atoms with E-state index in [2.05, 4.69) is 24.3 Å². The first-order chi connectivity index (χ1) is 18.4. The summed E-state index contributed by atoms with van der Waals surface area (Å²) in [6.07, 6.45) is 1.90. The van der Waals surface area contributed by atoms with Crippen molar-refractivity contribution in [1.29, 1.82) is 0 Å². The molecule has 0 unspecified atom stereocenters. The molecule has 186 valence electrons. The third kappa shape index (κ3) is 3.01. The van der Waals surface area contributed by atoms with Gasteiger partial charge in [-0.25, -0.2) is 4.90 Å². The number of carbonyl (C=O) groups is 2. The Bertz CT molecular complexity index is 1640. The highest BCUT2D eigenvalue weighted by Crippen LogP contribution is 2.63. The zero-order chi connectivity index (χ0) is 26.2. The molecule has 2 atom stereocenters. The van der Waals surface area contributed by atoms with Crippen LogP contribution >= 0.6 is 11.6 Å². The van der Waals surface area contributed by atoms with Gasteiger partial charge >= 0.3 is 0 Å². The van der Waals surface area contributed by atoms with Crippen LogP contribution in [0.25, 0.3) is 0 Å². The van der Waals surface area contributed by atoms with Crippen molar-refractivity contribution in [3.8, 4) is 0 Å². The van der Waals surface area contributed by atoms with Crippen LogP contribution in [-0.2, 0) is 15.0 Å².